The van der Waals surface area contributed by atoms with Crippen LogP contribution in [0.4, 0.5) is 5.69 Å². The van der Waals surface area contributed by atoms with Gasteiger partial charge >= 0.3 is 11.9 Å². The van der Waals surface area contributed by atoms with Gasteiger partial charge in [-0.3, -0.25) is 9.59 Å². The number of anilines is 1. The highest BCUT2D eigenvalue weighted by Crippen LogP contribution is 2.67. The Bertz CT molecular complexity index is 1600. The number of hydrogen-bond donors (Lipinski definition) is 0. The number of carbonyl (C=O) groups excluding carboxylic acids is 3. The summed E-state index contributed by atoms with van der Waals surface area (Å²) in [5, 5.41) is 22.1. The van der Waals surface area contributed by atoms with Crippen molar-refractivity contribution < 1.29 is 23.9 Å². The summed E-state index contributed by atoms with van der Waals surface area (Å²) in [4.78, 5) is 44.4. The monoisotopic (exact) mass is 598 g/mol. The summed E-state index contributed by atoms with van der Waals surface area (Å²) < 4.78 is 10.7. The van der Waals surface area contributed by atoms with Gasteiger partial charge < -0.3 is 19.3 Å². The SMILES string of the molecule is C=CCN1C(=O)[C@]2(c3cc(Br)ccc31)C(C(=O)OC)/C(=C\C(=O)OC)N1C=Cc3ccccc3[C@H]1C2(C#N)C#N. The highest BCUT2D eigenvalue weighted by molar-refractivity contribution is 9.10. The number of carbonyl (C=O) groups is 3. The maximum Gasteiger partial charge on any atom is 0.332 e. The number of nitriles is 2. The number of ether oxygens (including phenoxy) is 2. The molecule has 3 heterocycles. The lowest BCUT2D eigenvalue weighted by molar-refractivity contribution is -0.156. The lowest BCUT2D eigenvalue weighted by Gasteiger charge is -2.56. The van der Waals surface area contributed by atoms with E-state index in [1.54, 1.807) is 47.5 Å². The van der Waals surface area contributed by atoms with Crippen LogP contribution in [0.25, 0.3) is 6.08 Å². The molecule has 1 fully saturated rings. The third-order valence-electron chi connectivity index (χ3n) is 7.87. The topological polar surface area (TPSA) is 124 Å². The number of halogens is 1. The zero-order chi connectivity index (χ0) is 28.8. The van der Waals surface area contributed by atoms with Gasteiger partial charge in [0.2, 0.25) is 5.91 Å². The standard InChI is InChI=1S/C30H23BrN4O5/c1-4-12-35-22-10-9-19(31)14-21(22)30(28(35)38)25(27(37)40-3)23(15-24(36)39-2)34-13-11-18-7-5-6-8-20(18)26(34)29(30,16-32)17-33/h4-11,13-15,25-26H,1,12H2,2-3H3/b23-15+/t25?,26-,30-/m0/s1. The van der Waals surface area contributed by atoms with E-state index in [1.807, 2.05) is 12.1 Å². The number of hydrogen-bond acceptors (Lipinski definition) is 8. The summed E-state index contributed by atoms with van der Waals surface area (Å²) in [5.41, 5.74) is -2.22. The van der Waals surface area contributed by atoms with E-state index in [2.05, 4.69) is 34.6 Å². The minimum absolute atomic E-state index is 0.0525. The van der Waals surface area contributed by atoms with Crippen molar-refractivity contribution in [1.29, 1.82) is 10.5 Å². The average molecular weight is 599 g/mol. The van der Waals surface area contributed by atoms with Crippen molar-refractivity contribution in [3.05, 3.63) is 94.3 Å². The van der Waals surface area contributed by atoms with Crippen LogP contribution in [0.2, 0.25) is 0 Å². The second-order valence-corrected chi connectivity index (χ2v) is 10.4. The first-order chi connectivity index (χ1) is 19.3. The maximum absolute atomic E-state index is 14.9. The van der Waals surface area contributed by atoms with Crippen LogP contribution in [-0.4, -0.2) is 43.5 Å². The molecule has 9 nitrogen and oxygen atoms in total. The first kappa shape index (κ1) is 26.9. The van der Waals surface area contributed by atoms with Gasteiger partial charge in [-0.25, -0.2) is 4.79 Å². The Hall–Kier alpha value is -4.67. The molecule has 40 heavy (non-hydrogen) atoms. The van der Waals surface area contributed by atoms with Gasteiger partial charge in [0.25, 0.3) is 0 Å². The molecule has 3 aliphatic rings. The molecule has 3 aliphatic heterocycles. The van der Waals surface area contributed by atoms with Crippen LogP contribution in [0.15, 0.2) is 77.6 Å². The Morgan fingerprint density at radius 3 is 2.52 bits per heavy atom. The Labute approximate surface area is 239 Å². The van der Waals surface area contributed by atoms with Crippen LogP contribution < -0.4 is 4.90 Å². The van der Waals surface area contributed by atoms with Crippen LogP contribution in [0.5, 0.6) is 0 Å². The van der Waals surface area contributed by atoms with Crippen LogP contribution in [0.3, 0.4) is 0 Å². The highest BCUT2D eigenvalue weighted by Gasteiger charge is 2.77. The molecule has 200 valence electrons. The largest absolute Gasteiger partial charge is 0.468 e. The van der Waals surface area contributed by atoms with E-state index in [0.717, 1.165) is 18.7 Å². The second-order valence-electron chi connectivity index (χ2n) is 9.51. The van der Waals surface area contributed by atoms with Gasteiger partial charge in [0.1, 0.15) is 11.3 Å². The van der Waals surface area contributed by atoms with Crippen molar-refractivity contribution in [1.82, 2.24) is 4.90 Å². The Morgan fingerprint density at radius 2 is 1.88 bits per heavy atom. The van der Waals surface area contributed by atoms with Crippen molar-refractivity contribution in [2.75, 3.05) is 25.7 Å². The van der Waals surface area contributed by atoms with E-state index in [4.69, 9.17) is 9.47 Å². The van der Waals surface area contributed by atoms with Crippen molar-refractivity contribution in [2.45, 2.75) is 11.5 Å². The molecule has 2 aromatic carbocycles. The lowest BCUT2D eigenvalue weighted by atomic mass is 9.48. The van der Waals surface area contributed by atoms with Crippen molar-refractivity contribution in [2.24, 2.45) is 11.3 Å². The van der Waals surface area contributed by atoms with Crippen LogP contribution in [0.1, 0.15) is 22.7 Å². The van der Waals surface area contributed by atoms with E-state index in [9.17, 15) is 24.9 Å². The Morgan fingerprint density at radius 1 is 1.15 bits per heavy atom. The third-order valence-corrected chi connectivity index (χ3v) is 8.36. The van der Waals surface area contributed by atoms with E-state index in [-0.39, 0.29) is 17.8 Å². The lowest BCUT2D eigenvalue weighted by Crippen LogP contribution is -2.67. The van der Waals surface area contributed by atoms with Gasteiger partial charge in [0, 0.05) is 34.7 Å². The fourth-order valence-electron chi connectivity index (χ4n) is 6.34. The van der Waals surface area contributed by atoms with Gasteiger partial charge in [-0.15, -0.1) is 6.58 Å². The number of methoxy groups -OCH3 is 2. The summed E-state index contributed by atoms with van der Waals surface area (Å²) >= 11 is 3.47. The molecule has 1 spiro atoms. The number of esters is 2. The van der Waals surface area contributed by atoms with Gasteiger partial charge in [0.05, 0.1) is 32.4 Å². The van der Waals surface area contributed by atoms with E-state index >= 15 is 0 Å². The smallest absolute Gasteiger partial charge is 0.332 e. The average Bonchev–Trinajstić information content (AvgIpc) is 3.20. The van der Waals surface area contributed by atoms with Gasteiger partial charge in [-0.2, -0.15) is 10.5 Å². The molecule has 0 radical (unpaired) electrons. The molecular weight excluding hydrogens is 576 g/mol. The highest BCUT2D eigenvalue weighted by atomic mass is 79.9. The summed E-state index contributed by atoms with van der Waals surface area (Å²) in [7, 11) is 2.35. The van der Waals surface area contributed by atoms with Gasteiger partial charge in [0.15, 0.2) is 5.41 Å². The first-order valence-corrected chi connectivity index (χ1v) is 13.0. The minimum Gasteiger partial charge on any atom is -0.468 e. The predicted octanol–water partition coefficient (Wildman–Crippen LogP) is 4.14. The number of piperidine rings is 1. The molecule has 1 unspecified atom stereocenters. The second kappa shape index (κ2) is 9.82. The molecular formula is C30H23BrN4O5. The zero-order valence-corrected chi connectivity index (χ0v) is 23.2. The molecule has 0 aliphatic carbocycles. The summed E-state index contributed by atoms with van der Waals surface area (Å²) in [6, 6.07) is 15.6. The van der Waals surface area contributed by atoms with Crippen molar-refractivity contribution >= 4 is 45.5 Å². The normalized spacial score (nSPS) is 24.4. The van der Waals surface area contributed by atoms with Crippen LogP contribution >= 0.6 is 15.9 Å². The van der Waals surface area contributed by atoms with E-state index in [1.165, 1.54) is 18.1 Å². The van der Waals surface area contributed by atoms with E-state index in [0.29, 0.717) is 15.7 Å². The summed E-state index contributed by atoms with van der Waals surface area (Å²) in [6.07, 6.45) is 6.01. The molecule has 5 rings (SSSR count). The fraction of sp³-hybridized carbons (Fsp3) is 0.233. The van der Waals surface area contributed by atoms with Gasteiger partial charge in [-0.1, -0.05) is 46.3 Å². The molecule has 10 heteroatoms. The number of amides is 1. The third kappa shape index (κ3) is 3.33. The summed E-state index contributed by atoms with van der Waals surface area (Å²) in [5.74, 6) is -3.90. The molecule has 2 aromatic rings. The van der Waals surface area contributed by atoms with Crippen LogP contribution in [-0.2, 0) is 29.3 Å². The minimum atomic E-state index is -2.18. The zero-order valence-electron chi connectivity index (χ0n) is 21.6. The van der Waals surface area contributed by atoms with Crippen LogP contribution in [0, 0.1) is 34.0 Å². The molecule has 0 aromatic heterocycles. The van der Waals surface area contributed by atoms with Crippen molar-refractivity contribution in [3.63, 3.8) is 0 Å². The Kier molecular flexibility index (Phi) is 6.61. The fourth-order valence-corrected chi connectivity index (χ4v) is 6.70. The van der Waals surface area contributed by atoms with E-state index < -0.39 is 40.6 Å². The maximum atomic E-state index is 14.9. The molecule has 1 amide bonds. The summed E-state index contributed by atoms with van der Waals surface area (Å²) in [6.45, 7) is 3.83. The quantitative estimate of drug-likeness (QED) is 0.292. The number of nitrogens with zero attached hydrogens (tertiary/aromatic N) is 4. The molecule has 1 saturated heterocycles. The van der Waals surface area contributed by atoms with Crippen molar-refractivity contribution in [3.8, 4) is 12.1 Å². The number of rotatable bonds is 4. The first-order valence-electron chi connectivity index (χ1n) is 12.3. The van der Waals surface area contributed by atoms with Gasteiger partial charge in [-0.05, 0) is 41.0 Å². The molecule has 0 saturated carbocycles. The number of fused-ring (bicyclic) bond motifs is 5. The number of benzene rings is 2. The predicted molar refractivity (Wildman–Crippen MR) is 148 cm³/mol. The Balaban J connectivity index is 2.02. The molecule has 0 N–H and O–H groups in total. The molecule has 0 bridgehead atoms. The molecule has 3 atom stereocenters.